The van der Waals surface area contributed by atoms with E-state index in [4.69, 9.17) is 0 Å². The van der Waals surface area contributed by atoms with Crippen molar-refractivity contribution in [2.45, 2.75) is 17.7 Å². The van der Waals surface area contributed by atoms with E-state index >= 15 is 0 Å². The molecule has 2 amide bonds. The fourth-order valence-corrected chi connectivity index (χ4v) is 5.16. The van der Waals surface area contributed by atoms with E-state index in [2.05, 4.69) is 15.6 Å². The molecular weight excluding hydrogens is 440 g/mol. The third-order valence-electron chi connectivity index (χ3n) is 5.51. The zero-order valence-electron chi connectivity index (χ0n) is 17.8. The average molecular weight is 465 g/mol. The molecule has 4 rings (SSSR count). The van der Waals surface area contributed by atoms with E-state index in [1.54, 1.807) is 79.0 Å². The number of rotatable bonds is 6. The SMILES string of the molecule is O=C(Nc1ccc(NC(=O)C2CCN(S(=O)(=O)c3ccccc3)CC2)cc1)c1ccccn1. The molecule has 0 spiro atoms. The van der Waals surface area contributed by atoms with Crippen LogP contribution in [0.1, 0.15) is 23.3 Å². The van der Waals surface area contributed by atoms with Gasteiger partial charge in [0.15, 0.2) is 0 Å². The maximum atomic E-state index is 12.7. The van der Waals surface area contributed by atoms with Crippen molar-refractivity contribution in [3.63, 3.8) is 0 Å². The summed E-state index contributed by atoms with van der Waals surface area (Å²) in [5.41, 5.74) is 1.51. The lowest BCUT2D eigenvalue weighted by Crippen LogP contribution is -2.41. The quantitative estimate of drug-likeness (QED) is 0.581. The number of sulfonamides is 1. The van der Waals surface area contributed by atoms with Crippen LogP contribution in [-0.4, -0.2) is 42.6 Å². The molecule has 0 atom stereocenters. The summed E-state index contributed by atoms with van der Waals surface area (Å²) in [6.45, 7) is 0.599. The molecule has 0 unspecified atom stereocenters. The second-order valence-electron chi connectivity index (χ2n) is 7.73. The lowest BCUT2D eigenvalue weighted by atomic mass is 9.97. The maximum absolute atomic E-state index is 12.7. The van der Waals surface area contributed by atoms with Crippen LogP contribution in [0.5, 0.6) is 0 Å². The summed E-state index contributed by atoms with van der Waals surface area (Å²) in [7, 11) is -3.54. The Morgan fingerprint density at radius 2 is 1.42 bits per heavy atom. The van der Waals surface area contributed by atoms with Gasteiger partial charge >= 0.3 is 0 Å². The molecular formula is C24H24N4O4S. The minimum absolute atomic E-state index is 0.142. The van der Waals surface area contributed by atoms with Crippen molar-refractivity contribution >= 4 is 33.2 Å². The van der Waals surface area contributed by atoms with Crippen LogP contribution < -0.4 is 10.6 Å². The van der Waals surface area contributed by atoms with Crippen LogP contribution in [0.2, 0.25) is 0 Å². The Morgan fingerprint density at radius 1 is 0.818 bits per heavy atom. The van der Waals surface area contributed by atoms with E-state index in [-0.39, 0.29) is 22.6 Å². The predicted octanol–water partition coefficient (Wildman–Crippen LogP) is 3.37. The first kappa shape index (κ1) is 22.6. The third kappa shape index (κ3) is 5.44. The van der Waals surface area contributed by atoms with Crippen LogP contribution in [-0.2, 0) is 14.8 Å². The van der Waals surface area contributed by atoms with Gasteiger partial charge in [-0.05, 0) is 61.4 Å². The predicted molar refractivity (Wildman–Crippen MR) is 125 cm³/mol. The van der Waals surface area contributed by atoms with E-state index in [9.17, 15) is 18.0 Å². The Balaban J connectivity index is 1.30. The zero-order chi connectivity index (χ0) is 23.3. The topological polar surface area (TPSA) is 108 Å². The Bertz CT molecular complexity index is 1210. The zero-order valence-corrected chi connectivity index (χ0v) is 18.7. The van der Waals surface area contributed by atoms with Crippen molar-refractivity contribution in [2.24, 2.45) is 5.92 Å². The van der Waals surface area contributed by atoms with Crippen LogP contribution >= 0.6 is 0 Å². The minimum Gasteiger partial charge on any atom is -0.326 e. The standard InChI is InChI=1S/C24H24N4O4S/c29-23(18-13-16-28(17-14-18)33(31,32)21-6-2-1-3-7-21)26-19-9-11-20(12-10-19)27-24(30)22-8-4-5-15-25-22/h1-12,15,18H,13-14,16-17H2,(H,26,29)(H,27,30). The van der Waals surface area contributed by atoms with Gasteiger partial charge in [0.25, 0.3) is 5.91 Å². The number of benzene rings is 2. The van der Waals surface area contributed by atoms with E-state index in [0.717, 1.165) is 0 Å². The first-order chi connectivity index (χ1) is 15.9. The highest BCUT2D eigenvalue weighted by atomic mass is 32.2. The second kappa shape index (κ2) is 9.93. The molecule has 3 aromatic rings. The normalized spacial score (nSPS) is 15.0. The number of hydrogen-bond donors (Lipinski definition) is 2. The van der Waals surface area contributed by atoms with Crippen LogP contribution in [0.3, 0.4) is 0 Å². The van der Waals surface area contributed by atoms with Crippen molar-refractivity contribution in [3.05, 3.63) is 84.7 Å². The van der Waals surface area contributed by atoms with Crippen molar-refractivity contribution in [1.29, 1.82) is 0 Å². The first-order valence-corrected chi connectivity index (χ1v) is 12.1. The first-order valence-electron chi connectivity index (χ1n) is 10.6. The molecule has 1 fully saturated rings. The molecule has 1 saturated heterocycles. The summed E-state index contributed by atoms with van der Waals surface area (Å²) in [4.78, 5) is 29.1. The van der Waals surface area contributed by atoms with E-state index in [1.165, 1.54) is 4.31 Å². The van der Waals surface area contributed by atoms with Gasteiger partial charge in [0.1, 0.15) is 5.69 Å². The van der Waals surface area contributed by atoms with Gasteiger partial charge in [-0.15, -0.1) is 0 Å². The second-order valence-corrected chi connectivity index (χ2v) is 9.67. The molecule has 1 aliphatic heterocycles. The van der Waals surface area contributed by atoms with Crippen molar-refractivity contribution < 1.29 is 18.0 Å². The van der Waals surface area contributed by atoms with Gasteiger partial charge in [-0.25, -0.2) is 8.42 Å². The Kier molecular flexibility index (Phi) is 6.81. The number of nitrogens with zero attached hydrogens (tertiary/aromatic N) is 2. The molecule has 2 heterocycles. The third-order valence-corrected chi connectivity index (χ3v) is 7.43. The number of anilines is 2. The highest BCUT2D eigenvalue weighted by Gasteiger charge is 2.32. The minimum atomic E-state index is -3.54. The van der Waals surface area contributed by atoms with Gasteiger partial charge in [0.2, 0.25) is 15.9 Å². The van der Waals surface area contributed by atoms with E-state index in [0.29, 0.717) is 43.0 Å². The molecule has 2 aromatic carbocycles. The fraction of sp³-hybridized carbons (Fsp3) is 0.208. The molecule has 0 bridgehead atoms. The largest absolute Gasteiger partial charge is 0.326 e. The number of pyridine rings is 1. The molecule has 33 heavy (non-hydrogen) atoms. The molecule has 2 N–H and O–H groups in total. The molecule has 8 nitrogen and oxygen atoms in total. The van der Waals surface area contributed by atoms with Gasteiger partial charge in [-0.1, -0.05) is 24.3 Å². The lowest BCUT2D eigenvalue weighted by Gasteiger charge is -2.30. The number of carbonyl (C=O) groups excluding carboxylic acids is 2. The smallest absolute Gasteiger partial charge is 0.274 e. The van der Waals surface area contributed by atoms with Crippen LogP contribution in [0.15, 0.2) is 83.9 Å². The lowest BCUT2D eigenvalue weighted by molar-refractivity contribution is -0.120. The monoisotopic (exact) mass is 464 g/mol. The molecule has 170 valence electrons. The maximum Gasteiger partial charge on any atom is 0.274 e. The summed E-state index contributed by atoms with van der Waals surface area (Å²) in [5, 5.41) is 5.64. The van der Waals surface area contributed by atoms with Crippen molar-refractivity contribution in [1.82, 2.24) is 9.29 Å². The molecule has 0 radical (unpaired) electrons. The van der Waals surface area contributed by atoms with E-state index in [1.807, 2.05) is 0 Å². The van der Waals surface area contributed by atoms with Gasteiger partial charge < -0.3 is 10.6 Å². The number of nitrogens with one attached hydrogen (secondary N) is 2. The van der Waals surface area contributed by atoms with Gasteiger partial charge in [-0.3, -0.25) is 14.6 Å². The Labute approximate surface area is 192 Å². The average Bonchev–Trinajstić information content (AvgIpc) is 2.86. The molecule has 0 aliphatic carbocycles. The summed E-state index contributed by atoms with van der Waals surface area (Å²) < 4.78 is 26.9. The number of aromatic nitrogens is 1. The van der Waals surface area contributed by atoms with E-state index < -0.39 is 10.0 Å². The molecule has 1 aliphatic rings. The highest BCUT2D eigenvalue weighted by molar-refractivity contribution is 7.89. The Hall–Kier alpha value is -3.56. The van der Waals surface area contributed by atoms with Crippen LogP contribution in [0, 0.1) is 5.92 Å². The number of carbonyl (C=O) groups is 2. The highest BCUT2D eigenvalue weighted by Crippen LogP contribution is 2.25. The van der Waals surface area contributed by atoms with Crippen LogP contribution in [0.4, 0.5) is 11.4 Å². The van der Waals surface area contributed by atoms with Gasteiger partial charge in [0, 0.05) is 36.6 Å². The molecule has 1 aromatic heterocycles. The summed E-state index contributed by atoms with van der Waals surface area (Å²) in [6.07, 6.45) is 2.46. The fourth-order valence-electron chi connectivity index (χ4n) is 3.67. The molecule has 9 heteroatoms. The molecule has 0 saturated carbocycles. The van der Waals surface area contributed by atoms with Crippen molar-refractivity contribution in [3.8, 4) is 0 Å². The summed E-state index contributed by atoms with van der Waals surface area (Å²) in [6, 6.07) is 20.2. The summed E-state index contributed by atoms with van der Waals surface area (Å²) >= 11 is 0. The number of amides is 2. The van der Waals surface area contributed by atoms with Crippen LogP contribution in [0.25, 0.3) is 0 Å². The van der Waals surface area contributed by atoms with Gasteiger partial charge in [-0.2, -0.15) is 4.31 Å². The number of piperidine rings is 1. The summed E-state index contributed by atoms with van der Waals surface area (Å²) in [5.74, 6) is -0.725. The van der Waals surface area contributed by atoms with Gasteiger partial charge in [0.05, 0.1) is 4.90 Å². The Morgan fingerprint density at radius 3 is 2.03 bits per heavy atom. The van der Waals surface area contributed by atoms with Crippen molar-refractivity contribution in [2.75, 3.05) is 23.7 Å². The number of hydrogen-bond acceptors (Lipinski definition) is 5.